The Hall–Kier alpha value is -1.82. The smallest absolute Gasteiger partial charge is 0.338 e. The predicted molar refractivity (Wildman–Crippen MR) is 139 cm³/mol. The van der Waals surface area contributed by atoms with E-state index in [1.54, 1.807) is 18.2 Å². The van der Waals surface area contributed by atoms with Crippen LogP contribution in [0.1, 0.15) is 10.4 Å². The lowest BCUT2D eigenvalue weighted by Crippen LogP contribution is -2.21. The van der Waals surface area contributed by atoms with E-state index in [1.165, 1.54) is 30.3 Å². The topological polar surface area (TPSA) is 102 Å². The van der Waals surface area contributed by atoms with Crippen LogP contribution in [0.4, 0.5) is 11.4 Å². The Balaban J connectivity index is 1.72. The van der Waals surface area contributed by atoms with Crippen LogP contribution in [0.15, 0.2) is 68.4 Å². The summed E-state index contributed by atoms with van der Waals surface area (Å²) < 4.78 is 34.5. The largest absolute Gasteiger partial charge is 0.452 e. The van der Waals surface area contributed by atoms with Gasteiger partial charge >= 0.3 is 5.97 Å². The third-order valence-electron chi connectivity index (χ3n) is 4.17. The van der Waals surface area contributed by atoms with Gasteiger partial charge < -0.3 is 10.1 Å². The number of carbonyl (C=O) groups is 2. The zero-order valence-corrected chi connectivity index (χ0v) is 23.0. The number of hydrogen-bond acceptors (Lipinski definition) is 5. The van der Waals surface area contributed by atoms with Crippen LogP contribution < -0.4 is 10.0 Å². The van der Waals surface area contributed by atoms with Crippen molar-refractivity contribution in [2.45, 2.75) is 4.90 Å². The predicted octanol–water partition coefficient (Wildman–Crippen LogP) is 6.77. The number of esters is 1. The van der Waals surface area contributed by atoms with Crippen molar-refractivity contribution in [2.75, 3.05) is 16.6 Å². The van der Waals surface area contributed by atoms with Crippen molar-refractivity contribution in [1.29, 1.82) is 0 Å². The number of benzene rings is 3. The van der Waals surface area contributed by atoms with Crippen molar-refractivity contribution in [3.63, 3.8) is 0 Å². The Morgan fingerprint density at radius 2 is 1.59 bits per heavy atom. The SMILES string of the molecule is O=C(COC(=O)c1ccc(Cl)c(S(=O)(=O)Nc2cc(Cl)ccc2Cl)c1)Nc1ccc(Br)cc1Br. The monoisotopic (exact) mass is 668 g/mol. The molecule has 178 valence electrons. The highest BCUT2D eigenvalue weighted by molar-refractivity contribution is 9.11. The molecule has 0 atom stereocenters. The first kappa shape index (κ1) is 26.8. The van der Waals surface area contributed by atoms with E-state index in [0.29, 0.717) is 10.2 Å². The molecule has 0 saturated heterocycles. The number of carbonyl (C=O) groups excluding carboxylic acids is 2. The van der Waals surface area contributed by atoms with Crippen LogP contribution in [0, 0.1) is 0 Å². The van der Waals surface area contributed by atoms with Gasteiger partial charge in [0.1, 0.15) is 4.90 Å². The second-order valence-electron chi connectivity index (χ2n) is 6.62. The molecule has 13 heteroatoms. The van der Waals surface area contributed by atoms with Crippen molar-refractivity contribution >= 4 is 99.9 Å². The minimum atomic E-state index is -4.24. The summed E-state index contributed by atoms with van der Waals surface area (Å²) in [5.41, 5.74) is 0.392. The van der Waals surface area contributed by atoms with Gasteiger partial charge in [-0.15, -0.1) is 0 Å². The molecule has 0 spiro atoms. The molecule has 0 bridgehead atoms. The first-order valence-corrected chi connectivity index (χ1v) is 13.4. The van der Waals surface area contributed by atoms with Crippen LogP contribution in [-0.2, 0) is 19.6 Å². The number of ether oxygens (including phenoxy) is 1. The number of halogens is 5. The fourth-order valence-corrected chi connectivity index (χ4v) is 5.74. The Kier molecular flexibility index (Phi) is 8.88. The average molecular weight is 672 g/mol. The van der Waals surface area contributed by atoms with Gasteiger partial charge in [0.2, 0.25) is 0 Å². The molecule has 0 fully saturated rings. The Bertz CT molecular complexity index is 1390. The third-order valence-corrected chi connectivity index (χ3v) is 7.73. The maximum Gasteiger partial charge on any atom is 0.338 e. The van der Waals surface area contributed by atoms with E-state index >= 15 is 0 Å². The Labute approximate surface area is 227 Å². The van der Waals surface area contributed by atoms with E-state index in [1.807, 2.05) is 0 Å². The molecule has 3 aromatic carbocycles. The molecule has 0 radical (unpaired) electrons. The summed E-state index contributed by atoms with van der Waals surface area (Å²) in [6.45, 7) is -0.595. The fourth-order valence-electron chi connectivity index (χ4n) is 2.60. The second kappa shape index (κ2) is 11.3. The minimum Gasteiger partial charge on any atom is -0.452 e. The number of nitrogens with one attached hydrogen (secondary N) is 2. The van der Waals surface area contributed by atoms with Crippen LogP contribution in [0.5, 0.6) is 0 Å². The van der Waals surface area contributed by atoms with Crippen LogP contribution >= 0.6 is 66.7 Å². The van der Waals surface area contributed by atoms with Gasteiger partial charge in [-0.2, -0.15) is 0 Å². The molecule has 0 saturated carbocycles. The van der Waals surface area contributed by atoms with Gasteiger partial charge in [0.15, 0.2) is 6.61 Å². The second-order valence-corrected chi connectivity index (χ2v) is 11.3. The van der Waals surface area contributed by atoms with Gasteiger partial charge in [0, 0.05) is 14.0 Å². The highest BCUT2D eigenvalue weighted by Gasteiger charge is 2.22. The standard InChI is InChI=1S/C21H13Br2Cl3N2O5S/c22-12-2-6-17(14(23)8-12)27-20(29)10-33-21(30)11-1-4-16(26)19(7-11)34(31,32)28-18-9-13(24)3-5-15(18)25/h1-9,28H,10H2,(H,27,29). The van der Waals surface area contributed by atoms with Crippen molar-refractivity contribution in [1.82, 2.24) is 0 Å². The van der Waals surface area contributed by atoms with Gasteiger partial charge in [0.05, 0.1) is 27.0 Å². The van der Waals surface area contributed by atoms with E-state index in [9.17, 15) is 18.0 Å². The molecule has 3 aromatic rings. The van der Waals surface area contributed by atoms with E-state index in [0.717, 1.165) is 10.5 Å². The van der Waals surface area contributed by atoms with E-state index < -0.39 is 28.5 Å². The van der Waals surface area contributed by atoms with Crippen LogP contribution in [0.2, 0.25) is 15.1 Å². The van der Waals surface area contributed by atoms with Gasteiger partial charge in [0.25, 0.3) is 15.9 Å². The summed E-state index contributed by atoms with van der Waals surface area (Å²) in [5, 5.41) is 2.83. The van der Waals surface area contributed by atoms with Gasteiger partial charge in [-0.1, -0.05) is 50.7 Å². The zero-order chi connectivity index (χ0) is 25.0. The van der Waals surface area contributed by atoms with Gasteiger partial charge in [-0.3, -0.25) is 9.52 Å². The zero-order valence-electron chi connectivity index (χ0n) is 16.7. The molecule has 1 amide bonds. The van der Waals surface area contributed by atoms with Crippen molar-refractivity contribution < 1.29 is 22.7 Å². The van der Waals surface area contributed by atoms with Crippen LogP contribution in [0.3, 0.4) is 0 Å². The summed E-state index contributed by atoms with van der Waals surface area (Å²) in [4.78, 5) is 24.2. The first-order chi connectivity index (χ1) is 16.0. The Morgan fingerprint density at radius 1 is 0.882 bits per heavy atom. The van der Waals surface area contributed by atoms with Crippen molar-refractivity contribution in [3.8, 4) is 0 Å². The molecule has 34 heavy (non-hydrogen) atoms. The molecule has 3 rings (SSSR count). The van der Waals surface area contributed by atoms with Crippen LogP contribution in [-0.4, -0.2) is 26.9 Å². The molecule has 0 aliphatic rings. The molecule has 0 aliphatic carbocycles. The summed E-state index contributed by atoms with van der Waals surface area (Å²) in [7, 11) is -4.24. The maximum absolute atomic E-state index is 12.9. The summed E-state index contributed by atoms with van der Waals surface area (Å²) in [5.74, 6) is -1.51. The molecule has 2 N–H and O–H groups in total. The summed E-state index contributed by atoms with van der Waals surface area (Å²) >= 11 is 24.6. The number of anilines is 2. The molecular weight excluding hydrogens is 658 g/mol. The molecule has 0 unspecified atom stereocenters. The van der Waals surface area contributed by atoms with Gasteiger partial charge in [-0.05, 0) is 70.5 Å². The third kappa shape index (κ3) is 6.87. The molecule has 0 heterocycles. The molecule has 0 aliphatic heterocycles. The molecule has 0 aromatic heterocycles. The highest BCUT2D eigenvalue weighted by atomic mass is 79.9. The maximum atomic E-state index is 12.9. The molecule has 7 nitrogen and oxygen atoms in total. The number of sulfonamides is 1. The lowest BCUT2D eigenvalue weighted by molar-refractivity contribution is -0.119. The van der Waals surface area contributed by atoms with Crippen molar-refractivity contribution in [2.24, 2.45) is 0 Å². The average Bonchev–Trinajstić information content (AvgIpc) is 2.76. The first-order valence-electron chi connectivity index (χ1n) is 9.16. The van der Waals surface area contributed by atoms with E-state index in [4.69, 9.17) is 39.5 Å². The molecular formula is C21H13Br2Cl3N2O5S. The minimum absolute atomic E-state index is 0.0361. The Morgan fingerprint density at radius 3 is 2.29 bits per heavy atom. The lowest BCUT2D eigenvalue weighted by atomic mass is 10.2. The number of amides is 1. The fraction of sp³-hybridized carbons (Fsp3) is 0.0476. The normalized spacial score (nSPS) is 11.1. The quantitative estimate of drug-likeness (QED) is 0.270. The summed E-state index contributed by atoms with van der Waals surface area (Å²) in [6.07, 6.45) is 0. The van der Waals surface area contributed by atoms with E-state index in [-0.39, 0.29) is 31.2 Å². The lowest BCUT2D eigenvalue weighted by Gasteiger charge is -2.12. The van der Waals surface area contributed by atoms with Crippen molar-refractivity contribution in [3.05, 3.63) is 84.2 Å². The number of hydrogen-bond donors (Lipinski definition) is 2. The highest BCUT2D eigenvalue weighted by Crippen LogP contribution is 2.30. The van der Waals surface area contributed by atoms with Gasteiger partial charge in [-0.25, -0.2) is 13.2 Å². The van der Waals surface area contributed by atoms with E-state index in [2.05, 4.69) is 41.9 Å². The summed E-state index contributed by atoms with van der Waals surface area (Å²) in [6, 6.07) is 12.9. The van der Waals surface area contributed by atoms with Crippen LogP contribution in [0.25, 0.3) is 0 Å². The number of rotatable bonds is 7.